The highest BCUT2D eigenvalue weighted by Gasteiger charge is 2.24. The van der Waals surface area contributed by atoms with Crippen LogP contribution in [0, 0.1) is 5.92 Å². The molecule has 0 spiro atoms. The third-order valence-corrected chi connectivity index (χ3v) is 2.40. The Balaban J connectivity index is 1.98. The Bertz CT molecular complexity index is 241. The summed E-state index contributed by atoms with van der Waals surface area (Å²) in [6, 6.07) is 4.20. The minimum absolute atomic E-state index is 0.200. The largest absolute Gasteiger partial charge is 0.324 e. The molecule has 1 heterocycles. The molecule has 1 aromatic heterocycles. The van der Waals surface area contributed by atoms with Crippen molar-refractivity contribution in [3.8, 4) is 0 Å². The summed E-state index contributed by atoms with van der Waals surface area (Å²) >= 11 is 0. The van der Waals surface area contributed by atoms with E-state index < -0.39 is 0 Å². The third kappa shape index (κ3) is 1.83. The van der Waals surface area contributed by atoms with Crippen molar-refractivity contribution in [3.63, 3.8) is 0 Å². The lowest BCUT2D eigenvalue weighted by atomic mass is 10.0. The van der Waals surface area contributed by atoms with Gasteiger partial charge < -0.3 is 5.73 Å². The molecule has 1 aromatic rings. The van der Waals surface area contributed by atoms with E-state index in [1.54, 1.807) is 6.20 Å². The Morgan fingerprint density at radius 2 is 2.42 bits per heavy atom. The van der Waals surface area contributed by atoms with Crippen molar-refractivity contribution in [1.82, 2.24) is 4.98 Å². The minimum atomic E-state index is 0.200. The summed E-state index contributed by atoms with van der Waals surface area (Å²) < 4.78 is 0. The molecule has 2 N–H and O–H groups in total. The molecule has 2 rings (SSSR count). The van der Waals surface area contributed by atoms with Crippen molar-refractivity contribution in [2.24, 2.45) is 11.7 Å². The van der Waals surface area contributed by atoms with Crippen molar-refractivity contribution >= 4 is 0 Å². The number of rotatable bonds is 3. The second-order valence-electron chi connectivity index (χ2n) is 3.57. The van der Waals surface area contributed by atoms with Crippen LogP contribution in [0.3, 0.4) is 0 Å². The van der Waals surface area contributed by atoms with Crippen LogP contribution >= 0.6 is 0 Å². The van der Waals surface area contributed by atoms with E-state index in [1.165, 1.54) is 18.4 Å². The Morgan fingerprint density at radius 3 is 3.00 bits per heavy atom. The molecule has 2 heteroatoms. The molecule has 1 saturated carbocycles. The smallest absolute Gasteiger partial charge is 0.0315 e. The molecular formula is C10H14N2. The van der Waals surface area contributed by atoms with Gasteiger partial charge >= 0.3 is 0 Å². The fraction of sp³-hybridized carbons (Fsp3) is 0.500. The Labute approximate surface area is 72.8 Å². The zero-order valence-corrected chi connectivity index (χ0v) is 7.11. The van der Waals surface area contributed by atoms with Gasteiger partial charge in [0.05, 0.1) is 0 Å². The van der Waals surface area contributed by atoms with Gasteiger partial charge in [-0.25, -0.2) is 0 Å². The highest BCUT2D eigenvalue weighted by Crippen LogP contribution is 2.36. The molecule has 2 nitrogen and oxygen atoms in total. The van der Waals surface area contributed by atoms with Crippen LogP contribution in [0.4, 0.5) is 0 Å². The molecule has 1 aliphatic carbocycles. The molecule has 0 unspecified atom stereocenters. The molecule has 0 aromatic carbocycles. The SMILES string of the molecule is N[C@H](CC1CC1)c1cccnc1. The number of hydrogen-bond acceptors (Lipinski definition) is 2. The summed E-state index contributed by atoms with van der Waals surface area (Å²) in [5, 5.41) is 0. The average molecular weight is 162 g/mol. The highest BCUT2D eigenvalue weighted by molar-refractivity contribution is 5.13. The summed E-state index contributed by atoms with van der Waals surface area (Å²) in [5.41, 5.74) is 7.17. The molecule has 0 aliphatic heterocycles. The normalized spacial score (nSPS) is 19.1. The maximum Gasteiger partial charge on any atom is 0.0315 e. The van der Waals surface area contributed by atoms with Gasteiger partial charge in [0.15, 0.2) is 0 Å². The van der Waals surface area contributed by atoms with E-state index in [4.69, 9.17) is 5.73 Å². The van der Waals surface area contributed by atoms with Crippen LogP contribution in [0.2, 0.25) is 0 Å². The number of nitrogens with two attached hydrogens (primary N) is 1. The lowest BCUT2D eigenvalue weighted by molar-refractivity contribution is 0.595. The standard InChI is InChI=1S/C10H14N2/c11-10(6-8-3-4-8)9-2-1-5-12-7-9/h1-2,5,7-8,10H,3-4,6,11H2/t10-/m1/s1. The van der Waals surface area contributed by atoms with Crippen LogP contribution < -0.4 is 5.73 Å². The number of nitrogens with zero attached hydrogens (tertiary/aromatic N) is 1. The number of aromatic nitrogens is 1. The molecule has 12 heavy (non-hydrogen) atoms. The van der Waals surface area contributed by atoms with Crippen molar-refractivity contribution in [2.45, 2.75) is 25.3 Å². The van der Waals surface area contributed by atoms with Gasteiger partial charge in [-0.05, 0) is 24.0 Å². The van der Waals surface area contributed by atoms with E-state index in [1.807, 2.05) is 12.3 Å². The van der Waals surface area contributed by atoms with Crippen LogP contribution in [0.15, 0.2) is 24.5 Å². The van der Waals surface area contributed by atoms with Crippen molar-refractivity contribution in [1.29, 1.82) is 0 Å². The molecule has 0 bridgehead atoms. The van der Waals surface area contributed by atoms with E-state index in [-0.39, 0.29) is 6.04 Å². The van der Waals surface area contributed by atoms with Gasteiger partial charge in [-0.3, -0.25) is 4.98 Å². The number of pyridine rings is 1. The second-order valence-corrected chi connectivity index (χ2v) is 3.57. The first-order valence-electron chi connectivity index (χ1n) is 4.52. The van der Waals surface area contributed by atoms with Gasteiger partial charge in [0.25, 0.3) is 0 Å². The molecule has 1 atom stereocenters. The van der Waals surface area contributed by atoms with Crippen LogP contribution in [0.25, 0.3) is 0 Å². The van der Waals surface area contributed by atoms with Gasteiger partial charge in [0.1, 0.15) is 0 Å². The van der Waals surface area contributed by atoms with Gasteiger partial charge in [0.2, 0.25) is 0 Å². The monoisotopic (exact) mass is 162 g/mol. The summed E-state index contributed by atoms with van der Waals surface area (Å²) in [7, 11) is 0. The summed E-state index contributed by atoms with van der Waals surface area (Å²) in [6.07, 6.45) is 7.52. The highest BCUT2D eigenvalue weighted by atomic mass is 14.7. The molecule has 64 valence electrons. The van der Waals surface area contributed by atoms with Crippen molar-refractivity contribution in [3.05, 3.63) is 30.1 Å². The Kier molecular flexibility index (Phi) is 2.09. The lowest BCUT2D eigenvalue weighted by Crippen LogP contribution is -2.10. The number of hydrogen-bond donors (Lipinski definition) is 1. The van der Waals surface area contributed by atoms with E-state index in [2.05, 4.69) is 11.1 Å². The lowest BCUT2D eigenvalue weighted by Gasteiger charge is -2.09. The molecule has 0 saturated heterocycles. The van der Waals surface area contributed by atoms with Crippen LogP contribution in [-0.4, -0.2) is 4.98 Å². The fourth-order valence-corrected chi connectivity index (χ4v) is 1.44. The van der Waals surface area contributed by atoms with Gasteiger partial charge in [-0.2, -0.15) is 0 Å². The molecular weight excluding hydrogens is 148 g/mol. The van der Waals surface area contributed by atoms with E-state index >= 15 is 0 Å². The van der Waals surface area contributed by atoms with Gasteiger partial charge in [0, 0.05) is 18.4 Å². The summed E-state index contributed by atoms with van der Waals surface area (Å²) in [4.78, 5) is 4.05. The van der Waals surface area contributed by atoms with Gasteiger partial charge in [-0.1, -0.05) is 18.9 Å². The minimum Gasteiger partial charge on any atom is -0.324 e. The maximum absolute atomic E-state index is 6.00. The first-order chi connectivity index (χ1) is 5.86. The van der Waals surface area contributed by atoms with E-state index in [0.717, 1.165) is 12.3 Å². The quantitative estimate of drug-likeness (QED) is 0.737. The molecule has 0 amide bonds. The molecule has 1 fully saturated rings. The first kappa shape index (κ1) is 7.74. The van der Waals surface area contributed by atoms with E-state index in [9.17, 15) is 0 Å². The maximum atomic E-state index is 6.00. The average Bonchev–Trinajstić information content (AvgIpc) is 2.90. The summed E-state index contributed by atoms with van der Waals surface area (Å²) in [5.74, 6) is 0.889. The van der Waals surface area contributed by atoms with Crippen LogP contribution in [0.1, 0.15) is 30.9 Å². The van der Waals surface area contributed by atoms with Crippen molar-refractivity contribution in [2.75, 3.05) is 0 Å². The molecule has 1 aliphatic rings. The predicted octanol–water partition coefficient (Wildman–Crippen LogP) is 1.88. The van der Waals surface area contributed by atoms with Gasteiger partial charge in [-0.15, -0.1) is 0 Å². The second kappa shape index (κ2) is 3.23. The van der Waals surface area contributed by atoms with Crippen LogP contribution in [-0.2, 0) is 0 Å². The van der Waals surface area contributed by atoms with E-state index in [0.29, 0.717) is 0 Å². The molecule has 0 radical (unpaired) electrons. The van der Waals surface area contributed by atoms with Crippen LogP contribution in [0.5, 0.6) is 0 Å². The third-order valence-electron chi connectivity index (χ3n) is 2.40. The summed E-state index contributed by atoms with van der Waals surface area (Å²) in [6.45, 7) is 0. The predicted molar refractivity (Wildman–Crippen MR) is 48.5 cm³/mol. The topological polar surface area (TPSA) is 38.9 Å². The fourth-order valence-electron chi connectivity index (χ4n) is 1.44. The van der Waals surface area contributed by atoms with Crippen molar-refractivity contribution < 1.29 is 0 Å². The Hall–Kier alpha value is -0.890. The zero-order chi connectivity index (χ0) is 8.39. The Morgan fingerprint density at radius 1 is 1.58 bits per heavy atom. The zero-order valence-electron chi connectivity index (χ0n) is 7.11. The first-order valence-corrected chi connectivity index (χ1v) is 4.52.